The Morgan fingerprint density at radius 1 is 1.28 bits per heavy atom. The van der Waals surface area contributed by atoms with Crippen LogP contribution < -0.4 is 10.1 Å². The largest absolute Gasteiger partial charge is 0.495 e. The van der Waals surface area contributed by atoms with E-state index in [0.29, 0.717) is 29.7 Å². The first-order chi connectivity index (χ1) is 15.4. The van der Waals surface area contributed by atoms with Gasteiger partial charge in [-0.2, -0.15) is 4.98 Å². The number of likely N-dealkylation sites (N-methyl/N-ethyl adjacent to an activating group) is 1. The summed E-state index contributed by atoms with van der Waals surface area (Å²) in [4.78, 5) is 26.6. The van der Waals surface area contributed by atoms with E-state index in [1.807, 2.05) is 24.3 Å². The summed E-state index contributed by atoms with van der Waals surface area (Å²) < 4.78 is 24.2. The Labute approximate surface area is 187 Å². The van der Waals surface area contributed by atoms with Crippen molar-refractivity contribution in [3.63, 3.8) is 0 Å². The number of pyridine rings is 1. The van der Waals surface area contributed by atoms with Gasteiger partial charge in [0.2, 0.25) is 0 Å². The number of urea groups is 1. The number of anilines is 1. The predicted molar refractivity (Wildman–Crippen MR) is 119 cm³/mol. The first-order valence-corrected chi connectivity index (χ1v) is 10.6. The van der Waals surface area contributed by atoms with E-state index in [1.165, 1.54) is 23.2 Å². The highest BCUT2D eigenvalue weighted by Crippen LogP contribution is 2.31. The molecule has 1 aromatic carbocycles. The molecule has 0 aliphatic heterocycles. The number of alkyl halides is 1. The number of benzene rings is 1. The monoisotopic (exact) mass is 456 g/mol. The Morgan fingerprint density at radius 3 is 2.88 bits per heavy atom. The molecule has 0 aliphatic rings. The van der Waals surface area contributed by atoms with E-state index in [-0.39, 0.29) is 11.9 Å². The van der Waals surface area contributed by atoms with Crippen LogP contribution in [0.15, 0.2) is 41.2 Å². The molecule has 0 spiro atoms. The number of nitrogens with zero attached hydrogens (tertiary/aromatic N) is 5. The lowest BCUT2D eigenvalue weighted by atomic mass is 10.1. The van der Waals surface area contributed by atoms with Gasteiger partial charge in [-0.15, -0.1) is 0 Å². The van der Waals surface area contributed by atoms with Crippen LogP contribution >= 0.6 is 11.3 Å². The van der Waals surface area contributed by atoms with Crippen LogP contribution in [0.2, 0.25) is 0 Å². The molecule has 9 nitrogen and oxygen atoms in total. The van der Waals surface area contributed by atoms with Gasteiger partial charge >= 0.3 is 6.03 Å². The number of halogens is 1. The number of rotatable bonds is 7. The highest BCUT2D eigenvalue weighted by Gasteiger charge is 2.16. The van der Waals surface area contributed by atoms with Crippen molar-refractivity contribution >= 4 is 32.7 Å². The average Bonchev–Trinajstić information content (AvgIpc) is 3.43. The van der Waals surface area contributed by atoms with Gasteiger partial charge in [0, 0.05) is 31.8 Å². The molecule has 0 saturated carbocycles. The second kappa shape index (κ2) is 9.27. The van der Waals surface area contributed by atoms with Gasteiger partial charge in [-0.3, -0.25) is 10.3 Å². The molecule has 1 N–H and O–H groups in total. The molecule has 2 amide bonds. The molecule has 3 aromatic heterocycles. The van der Waals surface area contributed by atoms with Crippen LogP contribution in [-0.4, -0.2) is 51.7 Å². The average molecular weight is 457 g/mol. The molecular formula is C21H21FN6O3S. The summed E-state index contributed by atoms with van der Waals surface area (Å²) in [5.74, 6) is 0.966. The highest BCUT2D eigenvalue weighted by atomic mass is 32.1. The molecule has 0 bridgehead atoms. The van der Waals surface area contributed by atoms with Crippen molar-refractivity contribution in [3.05, 3.63) is 48.4 Å². The van der Waals surface area contributed by atoms with Crippen molar-refractivity contribution < 1.29 is 18.4 Å². The minimum Gasteiger partial charge on any atom is -0.495 e. The zero-order valence-electron chi connectivity index (χ0n) is 17.7. The number of carbonyl (C=O) groups excluding carboxylic acids is 1. The lowest BCUT2D eigenvalue weighted by molar-refractivity contribution is 0.222. The summed E-state index contributed by atoms with van der Waals surface area (Å²) in [5, 5.41) is 7.02. The standard InChI is InChI=1S/C21H21FN6O3S/c1-12(22)19-25-18(27-31-19)6-7-28(2)21(29)26-20-24-16-5-4-13(9-17(16)32-20)14-8-15(30-3)11-23-10-14/h4-5,8-12H,6-7H2,1-3H3,(H,24,26,29). The first kappa shape index (κ1) is 21.6. The molecule has 0 aliphatic carbocycles. The van der Waals surface area contributed by atoms with Crippen LogP contribution in [0.4, 0.5) is 14.3 Å². The van der Waals surface area contributed by atoms with E-state index in [4.69, 9.17) is 9.26 Å². The molecule has 3 heterocycles. The number of nitrogens with one attached hydrogen (secondary N) is 1. The van der Waals surface area contributed by atoms with Crippen molar-refractivity contribution in [2.75, 3.05) is 26.0 Å². The highest BCUT2D eigenvalue weighted by molar-refractivity contribution is 7.22. The number of amides is 2. The molecule has 11 heteroatoms. The van der Waals surface area contributed by atoms with E-state index < -0.39 is 6.17 Å². The third-order valence-corrected chi connectivity index (χ3v) is 5.66. The summed E-state index contributed by atoms with van der Waals surface area (Å²) >= 11 is 1.38. The van der Waals surface area contributed by atoms with Gasteiger partial charge in [0.15, 0.2) is 17.1 Å². The van der Waals surface area contributed by atoms with Crippen molar-refractivity contribution in [2.45, 2.75) is 19.5 Å². The summed E-state index contributed by atoms with van der Waals surface area (Å²) in [6.07, 6.45) is 2.44. The molecule has 1 atom stereocenters. The van der Waals surface area contributed by atoms with Crippen molar-refractivity contribution in [2.24, 2.45) is 0 Å². The number of fused-ring (bicyclic) bond motifs is 1. The molecule has 32 heavy (non-hydrogen) atoms. The van der Waals surface area contributed by atoms with E-state index in [9.17, 15) is 9.18 Å². The third-order valence-electron chi connectivity index (χ3n) is 4.73. The smallest absolute Gasteiger partial charge is 0.323 e. The van der Waals surface area contributed by atoms with E-state index in [0.717, 1.165) is 21.3 Å². The van der Waals surface area contributed by atoms with Gasteiger partial charge in [0.25, 0.3) is 5.89 Å². The van der Waals surface area contributed by atoms with Gasteiger partial charge in [-0.05, 0) is 30.7 Å². The van der Waals surface area contributed by atoms with E-state index >= 15 is 0 Å². The lowest BCUT2D eigenvalue weighted by Gasteiger charge is -2.15. The third kappa shape index (κ3) is 4.83. The zero-order valence-corrected chi connectivity index (χ0v) is 18.5. The predicted octanol–water partition coefficient (Wildman–Crippen LogP) is 4.49. The van der Waals surface area contributed by atoms with Crippen molar-refractivity contribution in [1.82, 2.24) is 25.0 Å². The number of ether oxygens (including phenoxy) is 1. The topological polar surface area (TPSA) is 106 Å². The maximum absolute atomic E-state index is 13.2. The van der Waals surface area contributed by atoms with Crippen LogP contribution in [0.3, 0.4) is 0 Å². The fraction of sp³-hybridized carbons (Fsp3) is 0.286. The van der Waals surface area contributed by atoms with Gasteiger partial charge in [-0.25, -0.2) is 14.2 Å². The van der Waals surface area contributed by atoms with Crippen molar-refractivity contribution in [3.8, 4) is 16.9 Å². The zero-order chi connectivity index (χ0) is 22.7. The lowest BCUT2D eigenvalue weighted by Crippen LogP contribution is -2.33. The molecular weight excluding hydrogens is 435 g/mol. The second-order valence-electron chi connectivity index (χ2n) is 7.08. The Bertz CT molecular complexity index is 1240. The maximum atomic E-state index is 13.2. The quantitative estimate of drug-likeness (QED) is 0.437. The number of thiazole rings is 1. The molecule has 0 saturated heterocycles. The number of carbonyl (C=O) groups is 1. The fourth-order valence-corrected chi connectivity index (χ4v) is 3.83. The number of hydrogen-bond donors (Lipinski definition) is 1. The van der Waals surface area contributed by atoms with Gasteiger partial charge < -0.3 is 14.2 Å². The minimum atomic E-state index is -1.32. The van der Waals surface area contributed by atoms with E-state index in [2.05, 4.69) is 25.4 Å². The molecule has 4 rings (SSSR count). The molecule has 0 fully saturated rings. The molecule has 4 aromatic rings. The van der Waals surface area contributed by atoms with Crippen LogP contribution in [0.5, 0.6) is 5.75 Å². The Kier molecular flexibility index (Phi) is 6.26. The van der Waals surface area contributed by atoms with Crippen LogP contribution in [0, 0.1) is 0 Å². The SMILES string of the molecule is COc1cncc(-c2ccc3nc(NC(=O)N(C)CCc4noc(C(C)F)n4)sc3c2)c1. The second-order valence-corrected chi connectivity index (χ2v) is 8.11. The Morgan fingerprint density at radius 2 is 2.12 bits per heavy atom. The van der Waals surface area contributed by atoms with Gasteiger partial charge in [-0.1, -0.05) is 22.6 Å². The van der Waals surface area contributed by atoms with Crippen LogP contribution in [-0.2, 0) is 6.42 Å². The first-order valence-electron chi connectivity index (χ1n) is 9.81. The van der Waals surface area contributed by atoms with Gasteiger partial charge in [0.05, 0.1) is 23.5 Å². The minimum absolute atomic E-state index is 0.0642. The van der Waals surface area contributed by atoms with Crippen LogP contribution in [0.1, 0.15) is 24.8 Å². The molecule has 0 radical (unpaired) electrons. The van der Waals surface area contributed by atoms with E-state index in [1.54, 1.807) is 26.6 Å². The van der Waals surface area contributed by atoms with Crippen molar-refractivity contribution in [1.29, 1.82) is 0 Å². The maximum Gasteiger partial charge on any atom is 0.323 e. The summed E-state index contributed by atoms with van der Waals surface area (Å²) in [6, 6.07) is 7.45. The summed E-state index contributed by atoms with van der Waals surface area (Å²) in [5.41, 5.74) is 2.69. The normalized spacial score (nSPS) is 12.0. The summed E-state index contributed by atoms with van der Waals surface area (Å²) in [7, 11) is 3.25. The summed E-state index contributed by atoms with van der Waals surface area (Å²) in [6.45, 7) is 1.66. The number of methoxy groups -OCH3 is 1. The Balaban J connectivity index is 1.41. The number of aromatic nitrogens is 4. The molecule has 166 valence electrons. The molecule has 1 unspecified atom stereocenters. The van der Waals surface area contributed by atoms with Crippen LogP contribution in [0.25, 0.3) is 21.3 Å². The van der Waals surface area contributed by atoms with Gasteiger partial charge in [0.1, 0.15) is 5.75 Å². The number of hydrogen-bond acceptors (Lipinski definition) is 8. The Hall–Kier alpha value is -3.60. The fourth-order valence-electron chi connectivity index (χ4n) is 2.93.